The van der Waals surface area contributed by atoms with Crippen LogP contribution >= 0.6 is 7.75 Å². The highest BCUT2D eigenvalue weighted by Crippen LogP contribution is 2.38. The molecule has 3 rings (SSSR count). The molecule has 1 fully saturated rings. The zero-order valence-corrected chi connectivity index (χ0v) is 21.5. The maximum absolute atomic E-state index is 13.0. The largest absolute Gasteiger partial charge is 0.766 e. The maximum Gasteiger partial charge on any atom is 0.238 e. The summed E-state index contributed by atoms with van der Waals surface area (Å²) in [5.74, 6) is -2.66. The normalized spacial score (nSPS) is 27.5. The van der Waals surface area contributed by atoms with Crippen LogP contribution in [0.3, 0.4) is 0 Å². The van der Waals surface area contributed by atoms with Gasteiger partial charge < -0.3 is 45.2 Å². The molecule has 1 aliphatic rings. The number of aromatic nitrogens is 1. The van der Waals surface area contributed by atoms with Crippen LogP contribution in [0.25, 0.3) is 10.9 Å². The summed E-state index contributed by atoms with van der Waals surface area (Å²) in [5.41, 5.74) is 1.40. The number of H-pyrrole nitrogens is 1. The standard InChI is InChI=1S/C23H34N3O10P/c1-11(2)8-16(26-37(33,34)36-23-20(29)19(28)18(27)12(3)35-23)21(30)25-17(22(31)32)9-13-10-24-15-7-5-4-6-14(13)15/h4-7,10-12,16-20,23-24,27-29H,8-9H2,1-3H3,(H,25,30)(H,31,32)(H2,26,33,34)/p-2/t12-,16?,17?,18-,19+,20+,23-/m0/s1. The number of carboxylic acid groups (broad SMARTS) is 1. The number of ether oxygens (including phenoxy) is 1. The number of amides is 1. The minimum absolute atomic E-state index is 0.0138. The van der Waals surface area contributed by atoms with Crippen LogP contribution in [0.15, 0.2) is 30.5 Å². The highest BCUT2D eigenvalue weighted by atomic mass is 31.2. The molecule has 1 amide bonds. The number of carboxylic acids is 1. The topological polar surface area (TPSA) is 216 Å². The number of aromatic amines is 1. The van der Waals surface area contributed by atoms with Gasteiger partial charge in [-0.25, -0.2) is 5.09 Å². The van der Waals surface area contributed by atoms with Crippen LogP contribution in [0.2, 0.25) is 0 Å². The number of para-hydroxylation sites is 1. The first-order valence-electron chi connectivity index (χ1n) is 11.8. The van der Waals surface area contributed by atoms with Crippen molar-refractivity contribution in [2.24, 2.45) is 5.92 Å². The summed E-state index contributed by atoms with van der Waals surface area (Å²) >= 11 is 0. The van der Waals surface area contributed by atoms with E-state index in [1.165, 1.54) is 6.92 Å². The number of nitrogens with one attached hydrogen (secondary N) is 3. The summed E-state index contributed by atoms with van der Waals surface area (Å²) in [6.07, 6.45) is -6.47. The van der Waals surface area contributed by atoms with E-state index < -0.39 is 62.4 Å². The zero-order chi connectivity index (χ0) is 27.5. The minimum atomic E-state index is -5.10. The molecular formula is C23H32N3O10P-2. The molecule has 1 aromatic heterocycles. The molecular weight excluding hydrogens is 509 g/mol. The van der Waals surface area contributed by atoms with Gasteiger partial charge in [-0.1, -0.05) is 32.0 Å². The van der Waals surface area contributed by atoms with E-state index in [4.69, 9.17) is 9.26 Å². The van der Waals surface area contributed by atoms with Gasteiger partial charge in [0.05, 0.1) is 24.2 Å². The second-order valence-electron chi connectivity index (χ2n) is 9.54. The fraction of sp³-hybridized carbons (Fsp3) is 0.565. The van der Waals surface area contributed by atoms with Gasteiger partial charge in [0.15, 0.2) is 6.29 Å². The van der Waals surface area contributed by atoms with Gasteiger partial charge in [-0.3, -0.25) is 13.9 Å². The van der Waals surface area contributed by atoms with Crippen LogP contribution in [0, 0.1) is 5.92 Å². The fourth-order valence-corrected chi connectivity index (χ4v) is 5.25. The summed E-state index contributed by atoms with van der Waals surface area (Å²) in [5, 5.41) is 46.7. The molecule has 1 aromatic carbocycles. The number of aliphatic hydroxyl groups is 3. The number of hydrogen-bond acceptors (Lipinski definition) is 10. The Labute approximate surface area is 213 Å². The molecule has 206 valence electrons. The third-order valence-electron chi connectivity index (χ3n) is 6.09. The third kappa shape index (κ3) is 7.37. The van der Waals surface area contributed by atoms with Crippen LogP contribution in [0.1, 0.15) is 32.8 Å². The highest BCUT2D eigenvalue weighted by Gasteiger charge is 2.44. The molecule has 2 heterocycles. The smallest absolute Gasteiger partial charge is 0.238 e. The van der Waals surface area contributed by atoms with Crippen molar-refractivity contribution in [3.63, 3.8) is 0 Å². The molecule has 14 heteroatoms. The average molecular weight is 541 g/mol. The molecule has 1 aliphatic heterocycles. The third-order valence-corrected chi connectivity index (χ3v) is 7.20. The number of carbonyl (C=O) groups is 2. The molecule has 3 unspecified atom stereocenters. The summed E-state index contributed by atoms with van der Waals surface area (Å²) in [6, 6.07) is 4.31. The number of rotatable bonds is 11. The van der Waals surface area contributed by atoms with Gasteiger partial charge in [0.1, 0.15) is 18.3 Å². The monoisotopic (exact) mass is 541 g/mol. The number of carbonyl (C=O) groups excluding carboxylic acids is 2. The van der Waals surface area contributed by atoms with Gasteiger partial charge in [-0.15, -0.1) is 0 Å². The van der Waals surface area contributed by atoms with E-state index in [0.29, 0.717) is 5.56 Å². The minimum Gasteiger partial charge on any atom is -0.766 e. The lowest BCUT2D eigenvalue weighted by atomic mass is 10.0. The van der Waals surface area contributed by atoms with Crippen molar-refractivity contribution < 1.29 is 48.7 Å². The van der Waals surface area contributed by atoms with Crippen molar-refractivity contribution in [3.8, 4) is 0 Å². The van der Waals surface area contributed by atoms with E-state index in [1.54, 1.807) is 32.2 Å². The van der Waals surface area contributed by atoms with Gasteiger partial charge in [-0.2, -0.15) is 0 Å². The van der Waals surface area contributed by atoms with Gasteiger partial charge in [-0.05, 0) is 30.9 Å². The first-order chi connectivity index (χ1) is 17.3. The van der Waals surface area contributed by atoms with Crippen LogP contribution in [-0.2, 0) is 29.8 Å². The summed E-state index contributed by atoms with van der Waals surface area (Å²) in [7, 11) is -5.10. The summed E-state index contributed by atoms with van der Waals surface area (Å²) in [6.45, 7) is 4.81. The Kier molecular flexibility index (Phi) is 9.48. The van der Waals surface area contributed by atoms with E-state index in [9.17, 15) is 39.5 Å². The highest BCUT2D eigenvalue weighted by molar-refractivity contribution is 7.49. The number of aliphatic hydroxyl groups excluding tert-OH is 3. The molecule has 1 saturated heterocycles. The Morgan fingerprint density at radius 3 is 2.49 bits per heavy atom. The van der Waals surface area contributed by atoms with Crippen molar-refractivity contribution in [2.45, 2.75) is 76.4 Å². The predicted molar refractivity (Wildman–Crippen MR) is 126 cm³/mol. The van der Waals surface area contributed by atoms with Crippen LogP contribution in [-0.4, -0.2) is 75.0 Å². The lowest BCUT2D eigenvalue weighted by Gasteiger charge is -2.41. The Balaban J connectivity index is 1.72. The van der Waals surface area contributed by atoms with Gasteiger partial charge in [0.25, 0.3) is 0 Å². The maximum atomic E-state index is 13.0. The predicted octanol–water partition coefficient (Wildman–Crippen LogP) is -1.74. The number of fused-ring (bicyclic) bond motifs is 1. The molecule has 13 nitrogen and oxygen atoms in total. The van der Waals surface area contributed by atoms with E-state index in [0.717, 1.165) is 10.9 Å². The van der Waals surface area contributed by atoms with Crippen molar-refractivity contribution in [2.75, 3.05) is 0 Å². The van der Waals surface area contributed by atoms with Gasteiger partial charge >= 0.3 is 0 Å². The first kappa shape index (κ1) is 29.2. The first-order valence-corrected chi connectivity index (χ1v) is 13.4. The molecule has 0 aliphatic carbocycles. The molecule has 0 spiro atoms. The Morgan fingerprint density at radius 1 is 1.16 bits per heavy atom. The van der Waals surface area contributed by atoms with Gasteiger partial charge in [0, 0.05) is 23.5 Å². The summed E-state index contributed by atoms with van der Waals surface area (Å²) < 4.78 is 22.7. The van der Waals surface area contributed by atoms with E-state index in [-0.39, 0.29) is 18.8 Å². The molecule has 2 aromatic rings. The van der Waals surface area contributed by atoms with Crippen molar-refractivity contribution in [1.82, 2.24) is 15.4 Å². The molecule has 37 heavy (non-hydrogen) atoms. The Morgan fingerprint density at radius 2 is 1.84 bits per heavy atom. The Hall–Kier alpha value is -2.35. The quantitative estimate of drug-likeness (QED) is 0.176. The molecule has 0 radical (unpaired) electrons. The van der Waals surface area contributed by atoms with E-state index in [2.05, 4.69) is 15.4 Å². The van der Waals surface area contributed by atoms with E-state index in [1.807, 2.05) is 12.1 Å². The second-order valence-corrected chi connectivity index (χ2v) is 11.0. The Bertz CT molecular complexity index is 1140. The van der Waals surface area contributed by atoms with Gasteiger partial charge in [0.2, 0.25) is 13.7 Å². The molecule has 0 saturated carbocycles. The molecule has 0 bridgehead atoms. The SMILES string of the molecule is CC(C)CC(NP(=O)([O-])O[C@@H]1O[C@@H](C)[C@H](O)[C@@H](O)[C@H]1O)C(=O)NC(Cc1c[nH]c2ccccc12)C(=O)[O-]. The average Bonchev–Trinajstić information content (AvgIpc) is 3.22. The summed E-state index contributed by atoms with van der Waals surface area (Å²) in [4.78, 5) is 40.6. The fourth-order valence-electron chi connectivity index (χ4n) is 4.13. The lowest BCUT2D eigenvalue weighted by Crippen LogP contribution is -2.58. The van der Waals surface area contributed by atoms with Crippen LogP contribution in [0.4, 0.5) is 0 Å². The molecule has 6 N–H and O–H groups in total. The van der Waals surface area contributed by atoms with Crippen molar-refractivity contribution in [3.05, 3.63) is 36.0 Å². The number of aliphatic carboxylic acids is 1. The zero-order valence-electron chi connectivity index (χ0n) is 20.6. The van der Waals surface area contributed by atoms with E-state index >= 15 is 0 Å². The van der Waals surface area contributed by atoms with Crippen molar-refractivity contribution in [1.29, 1.82) is 0 Å². The van der Waals surface area contributed by atoms with Crippen LogP contribution in [0.5, 0.6) is 0 Å². The molecule has 8 atom stereocenters. The number of benzene rings is 1. The second kappa shape index (κ2) is 12.0. The lowest BCUT2D eigenvalue weighted by molar-refractivity contribution is -0.308. The number of hydrogen-bond donors (Lipinski definition) is 6. The van der Waals surface area contributed by atoms with Crippen LogP contribution < -0.4 is 20.4 Å². The van der Waals surface area contributed by atoms with Crippen molar-refractivity contribution >= 4 is 30.5 Å².